The van der Waals surface area contributed by atoms with E-state index in [0.29, 0.717) is 24.7 Å². The molecule has 0 spiro atoms. The minimum atomic E-state index is -0.0436. The Kier molecular flexibility index (Phi) is 4.49. The molecule has 2 aliphatic carbocycles. The van der Waals surface area contributed by atoms with Crippen LogP contribution in [-0.4, -0.2) is 50.6 Å². The van der Waals surface area contributed by atoms with Gasteiger partial charge in [-0.3, -0.25) is 4.79 Å². The highest BCUT2D eigenvalue weighted by Gasteiger charge is 2.52. The quantitative estimate of drug-likeness (QED) is 0.766. The van der Waals surface area contributed by atoms with Crippen molar-refractivity contribution in [2.45, 2.75) is 44.2 Å². The lowest BCUT2D eigenvalue weighted by Crippen LogP contribution is -2.45. The number of likely N-dealkylation sites (tertiary alicyclic amines) is 1. The van der Waals surface area contributed by atoms with Gasteiger partial charge in [0.15, 0.2) is 0 Å². The largest absolute Gasteiger partial charge is 0.497 e. The summed E-state index contributed by atoms with van der Waals surface area (Å²) in [6.07, 6.45) is 6.52. The molecule has 4 nitrogen and oxygen atoms in total. The number of allylic oxidation sites excluding steroid dienone is 2. The van der Waals surface area contributed by atoms with Gasteiger partial charge in [0.25, 0.3) is 0 Å². The SMILES string of the molecule is COC1=C(Br)C=C([C@@]23CCC(=O)CC2N(C)CC3)CC1OC. The maximum absolute atomic E-state index is 12.0. The molecule has 0 aromatic carbocycles. The summed E-state index contributed by atoms with van der Waals surface area (Å²) in [5.41, 5.74) is 1.53. The van der Waals surface area contributed by atoms with E-state index in [1.54, 1.807) is 14.2 Å². The summed E-state index contributed by atoms with van der Waals surface area (Å²) in [6.45, 7) is 1.06. The standard InChI is InChI=1S/C17H24BrNO3/c1-19-7-6-17(5-4-12(20)10-15(17)19)11-8-13(18)16(22-3)14(9-11)21-2/h8,14-15H,4-7,9-10H2,1-3H3/t14?,15?,17-/m0/s1. The Labute approximate surface area is 140 Å². The maximum Gasteiger partial charge on any atom is 0.139 e. The fraction of sp³-hybridized carbons (Fsp3) is 0.706. The Morgan fingerprint density at radius 2 is 2.09 bits per heavy atom. The molecular weight excluding hydrogens is 346 g/mol. The lowest BCUT2D eigenvalue weighted by Gasteiger charge is -2.44. The number of methoxy groups -OCH3 is 2. The number of hydrogen-bond acceptors (Lipinski definition) is 4. The highest BCUT2D eigenvalue weighted by atomic mass is 79.9. The third kappa shape index (κ3) is 2.47. The summed E-state index contributed by atoms with van der Waals surface area (Å²) < 4.78 is 12.1. The van der Waals surface area contributed by atoms with Crippen LogP contribution in [-0.2, 0) is 14.3 Å². The lowest BCUT2D eigenvalue weighted by atomic mass is 9.63. The van der Waals surface area contributed by atoms with E-state index in [1.807, 2.05) is 0 Å². The molecule has 1 aliphatic heterocycles. The van der Waals surface area contributed by atoms with Gasteiger partial charge in [-0.05, 0) is 48.4 Å². The van der Waals surface area contributed by atoms with E-state index in [1.165, 1.54) is 5.57 Å². The number of nitrogens with zero attached hydrogens (tertiary/aromatic N) is 1. The number of hydrogen-bond donors (Lipinski definition) is 0. The van der Waals surface area contributed by atoms with Crippen molar-refractivity contribution >= 4 is 21.7 Å². The van der Waals surface area contributed by atoms with Crippen LogP contribution < -0.4 is 0 Å². The van der Waals surface area contributed by atoms with Gasteiger partial charge in [0.05, 0.1) is 11.6 Å². The number of fused-ring (bicyclic) bond motifs is 1. The van der Waals surface area contributed by atoms with E-state index in [2.05, 4.69) is 34.0 Å². The van der Waals surface area contributed by atoms with Crippen molar-refractivity contribution in [2.24, 2.45) is 5.41 Å². The van der Waals surface area contributed by atoms with Gasteiger partial charge in [0.1, 0.15) is 17.6 Å². The second-order valence-electron chi connectivity index (χ2n) is 6.66. The zero-order chi connectivity index (χ0) is 15.9. The zero-order valence-corrected chi connectivity index (χ0v) is 15.1. The van der Waals surface area contributed by atoms with Gasteiger partial charge < -0.3 is 14.4 Å². The van der Waals surface area contributed by atoms with E-state index in [9.17, 15) is 4.79 Å². The molecule has 0 aromatic heterocycles. The number of rotatable bonds is 3. The topological polar surface area (TPSA) is 38.8 Å². The highest BCUT2D eigenvalue weighted by Crippen LogP contribution is 2.53. The minimum absolute atomic E-state index is 0.0436. The first kappa shape index (κ1) is 16.2. The van der Waals surface area contributed by atoms with Gasteiger partial charge in [0, 0.05) is 37.8 Å². The van der Waals surface area contributed by atoms with Crippen LogP contribution in [0.4, 0.5) is 0 Å². The van der Waals surface area contributed by atoms with E-state index in [0.717, 1.165) is 36.0 Å². The predicted octanol–water partition coefficient (Wildman–Crippen LogP) is 3.03. The Balaban J connectivity index is 1.99. The Bertz CT molecular complexity index is 542. The van der Waals surface area contributed by atoms with Crippen molar-refractivity contribution in [3.8, 4) is 0 Å². The molecule has 1 saturated carbocycles. The third-order valence-electron chi connectivity index (χ3n) is 5.73. The molecule has 2 fully saturated rings. The summed E-state index contributed by atoms with van der Waals surface area (Å²) in [5, 5.41) is 0. The van der Waals surface area contributed by atoms with Gasteiger partial charge in [-0.15, -0.1) is 0 Å². The average molecular weight is 370 g/mol. The molecule has 0 bridgehead atoms. The lowest BCUT2D eigenvalue weighted by molar-refractivity contribution is -0.123. The molecular formula is C17H24BrNO3. The molecule has 0 N–H and O–H groups in total. The van der Waals surface area contributed by atoms with Gasteiger partial charge in [-0.2, -0.15) is 0 Å². The molecule has 3 atom stereocenters. The summed E-state index contributed by atoms with van der Waals surface area (Å²) in [4.78, 5) is 14.3. The van der Waals surface area contributed by atoms with Gasteiger partial charge in [-0.1, -0.05) is 5.57 Å². The van der Waals surface area contributed by atoms with Gasteiger partial charge >= 0.3 is 0 Å². The number of Topliss-reactive ketones (excluding diaryl/α,β-unsaturated/α-hetero) is 1. The first-order valence-corrected chi connectivity index (χ1v) is 8.70. The van der Waals surface area contributed by atoms with Crippen LogP contribution in [0.1, 0.15) is 32.1 Å². The zero-order valence-electron chi connectivity index (χ0n) is 13.5. The Morgan fingerprint density at radius 3 is 2.77 bits per heavy atom. The second-order valence-corrected chi connectivity index (χ2v) is 7.51. The minimum Gasteiger partial charge on any atom is -0.497 e. The van der Waals surface area contributed by atoms with Crippen LogP contribution in [0.25, 0.3) is 0 Å². The smallest absolute Gasteiger partial charge is 0.139 e. The molecule has 3 rings (SSSR count). The predicted molar refractivity (Wildman–Crippen MR) is 88.8 cm³/mol. The molecule has 5 heteroatoms. The first-order chi connectivity index (χ1) is 10.5. The molecule has 2 unspecified atom stereocenters. The monoisotopic (exact) mass is 369 g/mol. The van der Waals surface area contributed by atoms with Crippen LogP contribution in [0.5, 0.6) is 0 Å². The third-order valence-corrected chi connectivity index (χ3v) is 6.35. The van der Waals surface area contributed by atoms with Crippen LogP contribution >= 0.6 is 15.9 Å². The van der Waals surface area contributed by atoms with Crippen molar-refractivity contribution in [3.05, 3.63) is 21.9 Å². The van der Waals surface area contributed by atoms with Crippen LogP contribution in [0.2, 0.25) is 0 Å². The molecule has 22 heavy (non-hydrogen) atoms. The van der Waals surface area contributed by atoms with Gasteiger partial charge in [0.2, 0.25) is 0 Å². The van der Waals surface area contributed by atoms with E-state index in [-0.39, 0.29) is 11.5 Å². The summed E-state index contributed by atoms with van der Waals surface area (Å²) in [6, 6.07) is 0.335. The molecule has 122 valence electrons. The van der Waals surface area contributed by atoms with Gasteiger partial charge in [-0.25, -0.2) is 0 Å². The molecule has 1 heterocycles. The summed E-state index contributed by atoms with van der Waals surface area (Å²) >= 11 is 3.64. The van der Waals surface area contributed by atoms with Crippen molar-refractivity contribution in [1.29, 1.82) is 0 Å². The van der Waals surface area contributed by atoms with Crippen LogP contribution in [0.3, 0.4) is 0 Å². The van der Waals surface area contributed by atoms with E-state index < -0.39 is 0 Å². The molecule has 0 amide bonds. The van der Waals surface area contributed by atoms with E-state index in [4.69, 9.17) is 9.47 Å². The van der Waals surface area contributed by atoms with Crippen molar-refractivity contribution < 1.29 is 14.3 Å². The molecule has 1 saturated heterocycles. The normalized spacial score (nSPS) is 36.4. The number of halogens is 1. The number of ketones is 1. The van der Waals surface area contributed by atoms with E-state index >= 15 is 0 Å². The highest BCUT2D eigenvalue weighted by molar-refractivity contribution is 9.11. The number of carbonyl (C=O) groups is 1. The van der Waals surface area contributed by atoms with Crippen LogP contribution in [0, 0.1) is 5.41 Å². The molecule has 3 aliphatic rings. The summed E-state index contributed by atoms with van der Waals surface area (Å²) in [5.74, 6) is 1.26. The number of ether oxygens (including phenoxy) is 2. The fourth-order valence-electron chi connectivity index (χ4n) is 4.47. The molecule has 0 radical (unpaired) electrons. The Hall–Kier alpha value is -0.650. The first-order valence-electron chi connectivity index (χ1n) is 7.91. The second kappa shape index (κ2) is 6.10. The molecule has 0 aromatic rings. The summed E-state index contributed by atoms with van der Waals surface area (Å²) in [7, 11) is 5.56. The van der Waals surface area contributed by atoms with Crippen molar-refractivity contribution in [1.82, 2.24) is 4.90 Å². The average Bonchev–Trinajstić information content (AvgIpc) is 2.84. The fourth-order valence-corrected chi connectivity index (χ4v) is 5.17. The van der Waals surface area contributed by atoms with Crippen molar-refractivity contribution in [3.63, 3.8) is 0 Å². The van der Waals surface area contributed by atoms with Crippen molar-refractivity contribution in [2.75, 3.05) is 27.8 Å². The Morgan fingerprint density at radius 1 is 1.32 bits per heavy atom. The maximum atomic E-state index is 12.0. The number of carbonyl (C=O) groups excluding carboxylic acids is 1. The van der Waals surface area contributed by atoms with Crippen LogP contribution in [0.15, 0.2) is 21.9 Å².